The first-order valence-corrected chi connectivity index (χ1v) is 10.4. The van der Waals surface area contributed by atoms with Crippen molar-refractivity contribution in [3.63, 3.8) is 0 Å². The zero-order chi connectivity index (χ0) is 20.9. The van der Waals surface area contributed by atoms with E-state index in [1.54, 1.807) is 6.07 Å². The summed E-state index contributed by atoms with van der Waals surface area (Å²) in [7, 11) is 6.07. The Morgan fingerprint density at radius 3 is 2.41 bits per heavy atom. The lowest BCUT2D eigenvalue weighted by Crippen LogP contribution is -2.53. The van der Waals surface area contributed by atoms with E-state index in [1.807, 2.05) is 42.3 Å². The number of hydrogen-bond donors (Lipinski definition) is 2. The maximum absolute atomic E-state index is 13.3. The minimum Gasteiger partial charge on any atom is -0.508 e. The fourth-order valence-corrected chi connectivity index (χ4v) is 4.54. The minimum atomic E-state index is -0.159. The number of piperidine rings is 1. The molecule has 0 bridgehead atoms. The highest BCUT2D eigenvalue weighted by atomic mass is 16.3. The SMILES string of the molecule is CNCC(Cc1ccccc1)C(=O)N1CCC(c2cccc(O)c2)(N(C)C)CC1. The number of hydrogen-bond acceptors (Lipinski definition) is 4. The molecular formula is C24H33N3O2. The Balaban J connectivity index is 1.72. The summed E-state index contributed by atoms with van der Waals surface area (Å²) in [5, 5.41) is 13.2. The van der Waals surface area contributed by atoms with Crippen LogP contribution >= 0.6 is 0 Å². The molecule has 1 unspecified atom stereocenters. The summed E-state index contributed by atoms with van der Waals surface area (Å²) >= 11 is 0. The summed E-state index contributed by atoms with van der Waals surface area (Å²) in [6.07, 6.45) is 2.46. The summed E-state index contributed by atoms with van der Waals surface area (Å²) in [6.45, 7) is 2.12. The Kier molecular flexibility index (Phi) is 6.93. The third-order valence-electron chi connectivity index (χ3n) is 6.27. The number of rotatable bonds is 7. The van der Waals surface area contributed by atoms with Gasteiger partial charge in [-0.2, -0.15) is 0 Å². The van der Waals surface area contributed by atoms with Crippen LogP contribution in [0.1, 0.15) is 24.0 Å². The number of amides is 1. The number of nitrogens with zero attached hydrogens (tertiary/aromatic N) is 2. The van der Waals surface area contributed by atoms with Gasteiger partial charge in [-0.25, -0.2) is 0 Å². The van der Waals surface area contributed by atoms with Gasteiger partial charge in [0.05, 0.1) is 5.92 Å². The molecule has 2 aromatic rings. The molecule has 1 fully saturated rings. The van der Waals surface area contributed by atoms with Crippen LogP contribution in [0.25, 0.3) is 0 Å². The lowest BCUT2D eigenvalue weighted by molar-refractivity contribution is -0.138. The van der Waals surface area contributed by atoms with Crippen molar-refractivity contribution >= 4 is 5.91 Å². The molecule has 0 saturated carbocycles. The van der Waals surface area contributed by atoms with Crippen molar-refractivity contribution in [3.8, 4) is 5.75 Å². The zero-order valence-corrected chi connectivity index (χ0v) is 17.8. The molecule has 1 atom stereocenters. The normalized spacial score (nSPS) is 17.3. The maximum atomic E-state index is 13.3. The van der Waals surface area contributed by atoms with E-state index in [0.717, 1.165) is 37.9 Å². The predicted octanol–water partition coefficient (Wildman–Crippen LogP) is 2.85. The molecule has 2 aromatic carbocycles. The molecule has 2 N–H and O–H groups in total. The van der Waals surface area contributed by atoms with E-state index in [1.165, 1.54) is 5.56 Å². The molecule has 5 heteroatoms. The van der Waals surface area contributed by atoms with Crippen molar-refractivity contribution in [2.24, 2.45) is 5.92 Å². The first-order valence-electron chi connectivity index (χ1n) is 10.4. The van der Waals surface area contributed by atoms with Crippen LogP contribution in [0.15, 0.2) is 54.6 Å². The van der Waals surface area contributed by atoms with Crippen molar-refractivity contribution in [1.29, 1.82) is 0 Å². The second-order valence-corrected chi connectivity index (χ2v) is 8.25. The maximum Gasteiger partial charge on any atom is 0.227 e. The molecule has 1 amide bonds. The lowest BCUT2D eigenvalue weighted by Gasteiger charge is -2.47. The van der Waals surface area contributed by atoms with Gasteiger partial charge in [0.15, 0.2) is 0 Å². The van der Waals surface area contributed by atoms with E-state index in [4.69, 9.17) is 0 Å². The smallest absolute Gasteiger partial charge is 0.227 e. The molecule has 0 aromatic heterocycles. The third-order valence-corrected chi connectivity index (χ3v) is 6.27. The van der Waals surface area contributed by atoms with Gasteiger partial charge in [0.1, 0.15) is 5.75 Å². The number of phenols is 1. The van der Waals surface area contributed by atoms with Crippen LogP contribution in [0, 0.1) is 5.92 Å². The monoisotopic (exact) mass is 395 g/mol. The quantitative estimate of drug-likeness (QED) is 0.757. The van der Waals surface area contributed by atoms with E-state index in [2.05, 4.69) is 42.5 Å². The van der Waals surface area contributed by atoms with E-state index >= 15 is 0 Å². The van der Waals surface area contributed by atoms with Gasteiger partial charge in [-0.05, 0) is 63.7 Å². The Labute approximate surface area is 174 Å². The molecule has 1 aliphatic heterocycles. The van der Waals surface area contributed by atoms with Crippen LogP contribution < -0.4 is 5.32 Å². The Morgan fingerprint density at radius 2 is 1.83 bits per heavy atom. The lowest BCUT2D eigenvalue weighted by atomic mass is 9.79. The van der Waals surface area contributed by atoms with Gasteiger partial charge < -0.3 is 15.3 Å². The van der Waals surface area contributed by atoms with Gasteiger partial charge >= 0.3 is 0 Å². The number of phenolic OH excluding ortho intramolecular Hbond substituents is 1. The summed E-state index contributed by atoms with van der Waals surface area (Å²) in [4.78, 5) is 17.6. The van der Waals surface area contributed by atoms with Gasteiger partial charge in [-0.3, -0.25) is 9.69 Å². The van der Waals surface area contributed by atoms with Gasteiger partial charge in [0, 0.05) is 25.2 Å². The Morgan fingerprint density at radius 1 is 1.14 bits per heavy atom. The highest BCUT2D eigenvalue weighted by Crippen LogP contribution is 2.38. The summed E-state index contributed by atoms with van der Waals surface area (Å²) in [6, 6.07) is 17.8. The standard InChI is InChI=1S/C24H33N3O2/c1-25-18-20(16-19-8-5-4-6-9-19)23(29)27-14-12-24(13-15-27,26(2)3)21-10-7-11-22(28)17-21/h4-11,17,20,25,28H,12-16,18H2,1-3H3. The molecule has 1 aliphatic rings. The average Bonchev–Trinajstić information content (AvgIpc) is 2.73. The highest BCUT2D eigenvalue weighted by molar-refractivity contribution is 5.79. The second-order valence-electron chi connectivity index (χ2n) is 8.25. The average molecular weight is 396 g/mol. The third kappa shape index (κ3) is 4.80. The van der Waals surface area contributed by atoms with Gasteiger partial charge in [-0.1, -0.05) is 42.5 Å². The van der Waals surface area contributed by atoms with Crippen molar-refractivity contribution < 1.29 is 9.90 Å². The Hall–Kier alpha value is -2.37. The molecule has 3 rings (SSSR count). The number of likely N-dealkylation sites (tertiary alicyclic amines) is 1. The largest absolute Gasteiger partial charge is 0.508 e. The second kappa shape index (κ2) is 9.42. The zero-order valence-electron chi connectivity index (χ0n) is 17.8. The van der Waals surface area contributed by atoms with Crippen molar-refractivity contribution in [3.05, 3.63) is 65.7 Å². The summed E-state index contributed by atoms with van der Waals surface area (Å²) in [5.74, 6) is 0.459. The van der Waals surface area contributed by atoms with Crippen LogP contribution in [0.4, 0.5) is 0 Å². The molecule has 1 saturated heterocycles. The summed E-state index contributed by atoms with van der Waals surface area (Å²) < 4.78 is 0. The molecule has 0 radical (unpaired) electrons. The molecule has 0 spiro atoms. The highest BCUT2D eigenvalue weighted by Gasteiger charge is 2.40. The molecule has 29 heavy (non-hydrogen) atoms. The van der Waals surface area contributed by atoms with Crippen LogP contribution in [0.3, 0.4) is 0 Å². The first-order chi connectivity index (χ1) is 14.0. The fourth-order valence-electron chi connectivity index (χ4n) is 4.54. The molecule has 156 valence electrons. The molecule has 5 nitrogen and oxygen atoms in total. The predicted molar refractivity (Wildman–Crippen MR) is 117 cm³/mol. The number of benzene rings is 2. The number of aromatic hydroxyl groups is 1. The van der Waals surface area contributed by atoms with Crippen LogP contribution in [0.2, 0.25) is 0 Å². The molecule has 0 aliphatic carbocycles. The van der Waals surface area contributed by atoms with Crippen molar-refractivity contribution in [2.45, 2.75) is 24.8 Å². The molecular weight excluding hydrogens is 362 g/mol. The van der Waals surface area contributed by atoms with E-state index in [0.29, 0.717) is 12.3 Å². The van der Waals surface area contributed by atoms with E-state index < -0.39 is 0 Å². The van der Waals surface area contributed by atoms with Gasteiger partial charge in [0.25, 0.3) is 0 Å². The van der Waals surface area contributed by atoms with Crippen molar-refractivity contribution in [1.82, 2.24) is 15.1 Å². The Bertz CT molecular complexity index is 799. The van der Waals surface area contributed by atoms with Gasteiger partial charge in [0.2, 0.25) is 5.91 Å². The van der Waals surface area contributed by atoms with E-state index in [-0.39, 0.29) is 17.4 Å². The van der Waals surface area contributed by atoms with Gasteiger partial charge in [-0.15, -0.1) is 0 Å². The van der Waals surface area contributed by atoms with Crippen LogP contribution in [-0.4, -0.2) is 61.6 Å². The first kappa shape index (κ1) is 21.3. The van der Waals surface area contributed by atoms with E-state index in [9.17, 15) is 9.90 Å². The summed E-state index contributed by atoms with van der Waals surface area (Å²) in [5.41, 5.74) is 2.15. The van der Waals surface area contributed by atoms with Crippen molar-refractivity contribution in [2.75, 3.05) is 40.8 Å². The molecule has 1 heterocycles. The number of nitrogens with one attached hydrogen (secondary N) is 1. The topological polar surface area (TPSA) is 55.8 Å². The fraction of sp³-hybridized carbons (Fsp3) is 0.458. The minimum absolute atomic E-state index is 0.0602. The van der Waals surface area contributed by atoms with Crippen LogP contribution in [-0.2, 0) is 16.8 Å². The number of carbonyl (C=O) groups is 1. The van der Waals surface area contributed by atoms with Crippen LogP contribution in [0.5, 0.6) is 5.75 Å². The number of carbonyl (C=O) groups excluding carboxylic acids is 1.